The maximum absolute atomic E-state index is 13.4. The van der Waals surface area contributed by atoms with Crippen LogP contribution < -0.4 is 15.7 Å². The molecule has 4 rings (SSSR count). The van der Waals surface area contributed by atoms with Crippen LogP contribution in [0.2, 0.25) is 0 Å². The van der Waals surface area contributed by atoms with Crippen molar-refractivity contribution in [3.8, 4) is 5.75 Å². The summed E-state index contributed by atoms with van der Waals surface area (Å²) in [6.07, 6.45) is 1.27. The molecule has 0 fully saturated rings. The van der Waals surface area contributed by atoms with E-state index in [0.717, 1.165) is 4.68 Å². The summed E-state index contributed by atoms with van der Waals surface area (Å²) in [5, 5.41) is 7.41. The first-order valence-electron chi connectivity index (χ1n) is 8.02. The van der Waals surface area contributed by atoms with E-state index in [1.54, 1.807) is 31.4 Å². The summed E-state index contributed by atoms with van der Waals surface area (Å²) >= 11 is 0. The standard InChI is InChI=1S/C18H14FN5O3/c1-27-13-5-3-12(4-6-13)21-16(25)9-24-18(26)23-10-20-15-8-11(19)2-7-14(15)17(23)22-24/h2-8,10H,9H2,1H3,(H,21,25). The minimum Gasteiger partial charge on any atom is -0.497 e. The fourth-order valence-corrected chi connectivity index (χ4v) is 2.74. The van der Waals surface area contributed by atoms with E-state index in [-0.39, 0.29) is 6.54 Å². The Balaban J connectivity index is 1.63. The molecule has 8 nitrogen and oxygen atoms in total. The third-order valence-corrected chi connectivity index (χ3v) is 4.05. The molecular weight excluding hydrogens is 353 g/mol. The van der Waals surface area contributed by atoms with Gasteiger partial charge in [-0.05, 0) is 36.4 Å². The molecule has 2 heterocycles. The van der Waals surface area contributed by atoms with Gasteiger partial charge in [0.1, 0.15) is 24.4 Å². The molecule has 27 heavy (non-hydrogen) atoms. The topological polar surface area (TPSA) is 90.5 Å². The number of nitrogens with zero attached hydrogens (tertiary/aromatic N) is 4. The van der Waals surface area contributed by atoms with Crippen LogP contribution in [-0.4, -0.2) is 32.2 Å². The number of nitrogens with one attached hydrogen (secondary N) is 1. The maximum Gasteiger partial charge on any atom is 0.352 e. The Morgan fingerprint density at radius 3 is 2.74 bits per heavy atom. The van der Waals surface area contributed by atoms with Crippen molar-refractivity contribution >= 4 is 28.1 Å². The SMILES string of the molecule is COc1ccc(NC(=O)Cn2nc3c4ccc(F)cc4ncn3c2=O)cc1. The molecule has 0 bridgehead atoms. The summed E-state index contributed by atoms with van der Waals surface area (Å²) in [5.41, 5.74) is 0.749. The van der Waals surface area contributed by atoms with Crippen molar-refractivity contribution in [1.82, 2.24) is 19.2 Å². The monoisotopic (exact) mass is 367 g/mol. The first kappa shape index (κ1) is 16.7. The van der Waals surface area contributed by atoms with Crippen molar-refractivity contribution < 1.29 is 13.9 Å². The highest BCUT2D eigenvalue weighted by Crippen LogP contribution is 2.17. The minimum absolute atomic E-state index is 0.269. The minimum atomic E-state index is -0.506. The summed E-state index contributed by atoms with van der Waals surface area (Å²) in [6.45, 7) is -0.269. The van der Waals surface area contributed by atoms with Crippen molar-refractivity contribution in [2.75, 3.05) is 12.4 Å². The normalized spacial score (nSPS) is 11.0. The summed E-state index contributed by atoms with van der Waals surface area (Å²) in [7, 11) is 1.55. The second-order valence-corrected chi connectivity index (χ2v) is 5.82. The van der Waals surface area contributed by atoms with Crippen LogP contribution in [0.15, 0.2) is 53.6 Å². The molecule has 0 spiro atoms. The molecule has 0 radical (unpaired) electrons. The fraction of sp³-hybridized carbons (Fsp3) is 0.111. The zero-order valence-electron chi connectivity index (χ0n) is 14.2. The number of aromatic nitrogens is 4. The van der Waals surface area contributed by atoms with Gasteiger partial charge < -0.3 is 10.1 Å². The summed E-state index contributed by atoms with van der Waals surface area (Å²) in [6, 6.07) is 10.8. The molecular formula is C18H14FN5O3. The average molecular weight is 367 g/mol. The molecule has 0 aliphatic rings. The predicted molar refractivity (Wildman–Crippen MR) is 96.3 cm³/mol. The number of carbonyl (C=O) groups excluding carboxylic acids is 1. The van der Waals surface area contributed by atoms with Crippen LogP contribution in [0, 0.1) is 5.82 Å². The van der Waals surface area contributed by atoms with Crippen molar-refractivity contribution in [2.45, 2.75) is 6.54 Å². The number of halogens is 1. The molecule has 0 atom stereocenters. The highest BCUT2D eigenvalue weighted by atomic mass is 19.1. The number of carbonyl (C=O) groups is 1. The second-order valence-electron chi connectivity index (χ2n) is 5.82. The zero-order chi connectivity index (χ0) is 19.0. The average Bonchev–Trinajstić information content (AvgIpc) is 2.98. The van der Waals surface area contributed by atoms with Crippen LogP contribution in [0.4, 0.5) is 10.1 Å². The number of rotatable bonds is 4. The van der Waals surface area contributed by atoms with Gasteiger partial charge in [0.05, 0.1) is 12.6 Å². The Kier molecular flexibility index (Phi) is 4.03. The summed E-state index contributed by atoms with van der Waals surface area (Å²) in [5.74, 6) is -0.172. The number of amides is 1. The van der Waals surface area contributed by atoms with Crippen LogP contribution in [0.5, 0.6) is 5.75 Å². The van der Waals surface area contributed by atoms with Gasteiger partial charge in [-0.25, -0.2) is 23.3 Å². The first-order valence-corrected chi connectivity index (χ1v) is 8.02. The fourth-order valence-electron chi connectivity index (χ4n) is 2.74. The number of benzene rings is 2. The molecule has 1 N–H and O–H groups in total. The zero-order valence-corrected chi connectivity index (χ0v) is 14.2. The number of hydrogen-bond donors (Lipinski definition) is 1. The number of fused-ring (bicyclic) bond motifs is 3. The van der Waals surface area contributed by atoms with E-state index in [9.17, 15) is 14.0 Å². The van der Waals surface area contributed by atoms with E-state index in [1.807, 2.05) is 0 Å². The van der Waals surface area contributed by atoms with E-state index < -0.39 is 17.4 Å². The van der Waals surface area contributed by atoms with Gasteiger partial charge in [-0.3, -0.25) is 4.79 Å². The highest BCUT2D eigenvalue weighted by Gasteiger charge is 2.14. The molecule has 0 aliphatic heterocycles. The van der Waals surface area contributed by atoms with Gasteiger partial charge in [0, 0.05) is 17.1 Å². The van der Waals surface area contributed by atoms with Crippen molar-refractivity contribution in [1.29, 1.82) is 0 Å². The Morgan fingerprint density at radius 1 is 1.22 bits per heavy atom. The Hall–Kier alpha value is -3.75. The third-order valence-electron chi connectivity index (χ3n) is 4.05. The summed E-state index contributed by atoms with van der Waals surface area (Å²) < 4.78 is 20.7. The second kappa shape index (κ2) is 6.52. The number of anilines is 1. The number of methoxy groups -OCH3 is 1. The van der Waals surface area contributed by atoms with Crippen LogP contribution in [0.1, 0.15) is 0 Å². The van der Waals surface area contributed by atoms with Gasteiger partial charge in [-0.2, -0.15) is 0 Å². The molecule has 4 aromatic rings. The van der Waals surface area contributed by atoms with Crippen molar-refractivity contribution in [3.63, 3.8) is 0 Å². The number of ether oxygens (including phenoxy) is 1. The van der Waals surface area contributed by atoms with Crippen LogP contribution >= 0.6 is 0 Å². The van der Waals surface area contributed by atoms with E-state index in [1.165, 1.54) is 28.9 Å². The molecule has 136 valence electrons. The lowest BCUT2D eigenvalue weighted by Crippen LogP contribution is -2.28. The van der Waals surface area contributed by atoms with Crippen LogP contribution in [0.3, 0.4) is 0 Å². The lowest BCUT2D eigenvalue weighted by molar-refractivity contribution is -0.117. The molecule has 0 saturated carbocycles. The third kappa shape index (κ3) is 3.10. The molecule has 2 aromatic carbocycles. The lowest BCUT2D eigenvalue weighted by atomic mass is 10.2. The predicted octanol–water partition coefficient (Wildman–Crippen LogP) is 1.83. The molecule has 1 amide bonds. The van der Waals surface area contributed by atoms with Gasteiger partial charge in [0.25, 0.3) is 0 Å². The number of hydrogen-bond acceptors (Lipinski definition) is 5. The van der Waals surface area contributed by atoms with Gasteiger partial charge in [0.15, 0.2) is 5.65 Å². The van der Waals surface area contributed by atoms with E-state index in [2.05, 4.69) is 15.4 Å². The van der Waals surface area contributed by atoms with Gasteiger partial charge in [-0.1, -0.05) is 0 Å². The van der Waals surface area contributed by atoms with E-state index in [4.69, 9.17) is 4.74 Å². The molecule has 0 saturated heterocycles. The Labute approximate surface area is 151 Å². The molecule has 0 aliphatic carbocycles. The molecule has 0 unspecified atom stereocenters. The smallest absolute Gasteiger partial charge is 0.352 e. The van der Waals surface area contributed by atoms with Crippen LogP contribution in [0.25, 0.3) is 16.6 Å². The quantitative estimate of drug-likeness (QED) is 0.594. The molecule has 2 aromatic heterocycles. The van der Waals surface area contributed by atoms with E-state index >= 15 is 0 Å². The molecule has 9 heteroatoms. The van der Waals surface area contributed by atoms with Crippen molar-refractivity contribution in [2.24, 2.45) is 0 Å². The summed E-state index contributed by atoms with van der Waals surface area (Å²) in [4.78, 5) is 28.8. The largest absolute Gasteiger partial charge is 0.497 e. The Morgan fingerprint density at radius 2 is 2.00 bits per heavy atom. The first-order chi connectivity index (χ1) is 13.0. The van der Waals surface area contributed by atoms with E-state index in [0.29, 0.717) is 28.0 Å². The Bertz CT molecular complexity index is 1210. The lowest BCUT2D eigenvalue weighted by Gasteiger charge is -2.05. The van der Waals surface area contributed by atoms with Gasteiger partial charge in [-0.15, -0.1) is 5.10 Å². The highest BCUT2D eigenvalue weighted by molar-refractivity contribution is 5.92. The van der Waals surface area contributed by atoms with Crippen molar-refractivity contribution in [3.05, 3.63) is 65.1 Å². The van der Waals surface area contributed by atoms with Gasteiger partial charge >= 0.3 is 5.69 Å². The van der Waals surface area contributed by atoms with Crippen LogP contribution in [-0.2, 0) is 11.3 Å². The van der Waals surface area contributed by atoms with Gasteiger partial charge in [0.2, 0.25) is 5.91 Å². The maximum atomic E-state index is 13.4.